The lowest BCUT2D eigenvalue weighted by atomic mass is 9.70. The van der Waals surface area contributed by atoms with Gasteiger partial charge in [-0.3, -0.25) is 14.4 Å². The molecule has 2 fully saturated rings. The van der Waals surface area contributed by atoms with Gasteiger partial charge in [-0.25, -0.2) is 4.79 Å². The number of Topliss-reactive ketones (excluding diaryl/α,β-unsaturated/α-hetero) is 2. The lowest BCUT2D eigenvalue weighted by Crippen LogP contribution is -2.46. The summed E-state index contributed by atoms with van der Waals surface area (Å²) < 4.78 is 0. The third-order valence-corrected chi connectivity index (χ3v) is 5.04. The third-order valence-electron chi connectivity index (χ3n) is 4.50. The summed E-state index contributed by atoms with van der Waals surface area (Å²) in [6.07, 6.45) is 0.980. The predicted molar refractivity (Wildman–Crippen MR) is 77.1 cm³/mol. The molecular formula is C14H19NO5S. The highest BCUT2D eigenvalue weighted by Gasteiger charge is 2.57. The molecule has 1 heterocycles. The van der Waals surface area contributed by atoms with E-state index in [1.165, 1.54) is 4.90 Å². The number of aliphatic carboxylic acids is 1. The number of carbonyl (C=O) groups excluding carboxylic acids is 3. The summed E-state index contributed by atoms with van der Waals surface area (Å²) >= 11 is 4.05. The van der Waals surface area contributed by atoms with Gasteiger partial charge in [0.1, 0.15) is 23.0 Å². The number of hydrogen-bond donors (Lipinski definition) is 2. The van der Waals surface area contributed by atoms with E-state index in [4.69, 9.17) is 0 Å². The van der Waals surface area contributed by atoms with Gasteiger partial charge in [-0.2, -0.15) is 12.6 Å². The van der Waals surface area contributed by atoms with E-state index >= 15 is 0 Å². The molecule has 0 aromatic heterocycles. The lowest BCUT2D eigenvalue weighted by molar-refractivity contribution is -0.149. The topological polar surface area (TPSA) is 91.8 Å². The highest BCUT2D eigenvalue weighted by Crippen LogP contribution is 2.42. The van der Waals surface area contributed by atoms with Crippen molar-refractivity contribution >= 4 is 36.1 Å². The number of amides is 1. The van der Waals surface area contributed by atoms with Crippen molar-refractivity contribution in [1.82, 2.24) is 4.90 Å². The normalized spacial score (nSPS) is 26.2. The molecule has 2 aliphatic rings. The van der Waals surface area contributed by atoms with Crippen LogP contribution in [-0.2, 0) is 19.2 Å². The fourth-order valence-corrected chi connectivity index (χ4v) is 3.32. The first kappa shape index (κ1) is 16.0. The number of carbonyl (C=O) groups is 4. The Morgan fingerprint density at radius 2 is 1.95 bits per heavy atom. The summed E-state index contributed by atoms with van der Waals surface area (Å²) in [5.74, 6) is -2.13. The van der Waals surface area contributed by atoms with Crippen molar-refractivity contribution < 1.29 is 24.3 Å². The average Bonchev–Trinajstić information content (AvgIpc) is 2.85. The molecule has 1 saturated carbocycles. The van der Waals surface area contributed by atoms with E-state index < -0.39 is 23.3 Å². The highest BCUT2D eigenvalue weighted by molar-refractivity contribution is 7.80. The highest BCUT2D eigenvalue weighted by atomic mass is 32.1. The number of likely N-dealkylation sites (tertiary alicyclic amines) is 1. The Hall–Kier alpha value is -1.37. The van der Waals surface area contributed by atoms with Crippen LogP contribution in [0.1, 0.15) is 32.6 Å². The van der Waals surface area contributed by atoms with Crippen molar-refractivity contribution in [2.75, 3.05) is 12.3 Å². The summed E-state index contributed by atoms with van der Waals surface area (Å²) in [5, 5.41) is 9.34. The van der Waals surface area contributed by atoms with Crippen LogP contribution in [0.4, 0.5) is 0 Å². The SMILES string of the molecule is C[C@H](CS)C(=O)N1CC2(CC1C(=O)O)C(=O)CCCC2=O. The van der Waals surface area contributed by atoms with E-state index in [1.54, 1.807) is 6.92 Å². The Balaban J connectivity index is 2.34. The van der Waals surface area contributed by atoms with Crippen LogP contribution in [0.15, 0.2) is 0 Å². The minimum absolute atomic E-state index is 0.0922. The van der Waals surface area contributed by atoms with Crippen molar-refractivity contribution in [3.05, 3.63) is 0 Å². The first-order chi connectivity index (χ1) is 9.83. The van der Waals surface area contributed by atoms with Gasteiger partial charge in [-0.15, -0.1) is 0 Å². The zero-order chi connectivity index (χ0) is 15.8. The zero-order valence-corrected chi connectivity index (χ0v) is 12.8. The van der Waals surface area contributed by atoms with Gasteiger partial charge in [0.2, 0.25) is 5.91 Å². The van der Waals surface area contributed by atoms with Crippen molar-refractivity contribution in [3.8, 4) is 0 Å². The largest absolute Gasteiger partial charge is 0.480 e. The van der Waals surface area contributed by atoms with Gasteiger partial charge < -0.3 is 10.0 Å². The van der Waals surface area contributed by atoms with E-state index in [9.17, 15) is 24.3 Å². The maximum Gasteiger partial charge on any atom is 0.326 e. The number of rotatable bonds is 3. The Labute approximate surface area is 128 Å². The lowest BCUT2D eigenvalue weighted by Gasteiger charge is -2.30. The molecule has 0 aromatic rings. The molecule has 1 N–H and O–H groups in total. The van der Waals surface area contributed by atoms with Gasteiger partial charge in [0.15, 0.2) is 0 Å². The van der Waals surface area contributed by atoms with E-state index in [0.717, 1.165) is 0 Å². The Bertz CT molecular complexity index is 488. The number of carboxylic acids is 1. The van der Waals surface area contributed by atoms with Crippen molar-refractivity contribution in [1.29, 1.82) is 0 Å². The fourth-order valence-electron chi connectivity index (χ4n) is 3.17. The monoisotopic (exact) mass is 313 g/mol. The first-order valence-corrected chi connectivity index (χ1v) is 7.67. The van der Waals surface area contributed by atoms with E-state index in [1.807, 2.05) is 0 Å². The number of ketones is 2. The van der Waals surface area contributed by atoms with Gasteiger partial charge in [-0.1, -0.05) is 6.92 Å². The van der Waals surface area contributed by atoms with Crippen LogP contribution in [-0.4, -0.2) is 51.8 Å². The Morgan fingerprint density at radius 3 is 2.43 bits per heavy atom. The minimum Gasteiger partial charge on any atom is -0.480 e. The molecule has 6 nitrogen and oxygen atoms in total. The Morgan fingerprint density at radius 1 is 1.38 bits per heavy atom. The smallest absolute Gasteiger partial charge is 0.326 e. The summed E-state index contributed by atoms with van der Waals surface area (Å²) in [5.41, 5.74) is -1.30. The first-order valence-electron chi connectivity index (χ1n) is 7.04. The molecule has 116 valence electrons. The average molecular weight is 313 g/mol. The number of nitrogens with zero attached hydrogens (tertiary/aromatic N) is 1. The number of carboxylic acid groups (broad SMARTS) is 1. The number of hydrogen-bond acceptors (Lipinski definition) is 5. The molecule has 2 atom stereocenters. The van der Waals surface area contributed by atoms with Gasteiger partial charge in [0.05, 0.1) is 0 Å². The summed E-state index contributed by atoms with van der Waals surface area (Å²) in [4.78, 5) is 49.4. The predicted octanol–water partition coefficient (Wildman–Crippen LogP) is 0.546. The van der Waals surface area contributed by atoms with E-state index in [2.05, 4.69) is 12.6 Å². The van der Waals surface area contributed by atoms with Gasteiger partial charge in [0.25, 0.3) is 0 Å². The van der Waals surface area contributed by atoms with Gasteiger partial charge >= 0.3 is 5.97 Å². The zero-order valence-electron chi connectivity index (χ0n) is 11.9. The van der Waals surface area contributed by atoms with Crippen molar-refractivity contribution in [3.63, 3.8) is 0 Å². The molecule has 2 rings (SSSR count). The van der Waals surface area contributed by atoms with Crippen molar-refractivity contribution in [2.24, 2.45) is 11.3 Å². The van der Waals surface area contributed by atoms with Crippen LogP contribution in [0.5, 0.6) is 0 Å². The number of thiol groups is 1. The van der Waals surface area contributed by atoms with E-state index in [-0.39, 0.29) is 49.0 Å². The molecule has 21 heavy (non-hydrogen) atoms. The van der Waals surface area contributed by atoms with Gasteiger partial charge in [-0.05, 0) is 12.8 Å². The maximum absolute atomic E-state index is 12.3. The molecular weight excluding hydrogens is 294 g/mol. The van der Waals surface area contributed by atoms with Crippen LogP contribution in [0.2, 0.25) is 0 Å². The van der Waals surface area contributed by atoms with Crippen LogP contribution in [0.25, 0.3) is 0 Å². The standard InChI is InChI=1S/C14H19NO5S/c1-8(6-21)12(18)15-7-14(5-9(15)13(19)20)10(16)3-2-4-11(14)17/h8-9,21H,2-7H2,1H3,(H,19,20)/t8-,9?/m1/s1. The van der Waals surface area contributed by atoms with Crippen LogP contribution in [0, 0.1) is 11.3 Å². The molecule has 0 bridgehead atoms. The second-order valence-corrected chi connectivity index (χ2v) is 6.26. The summed E-state index contributed by atoms with van der Waals surface area (Å²) in [6.45, 7) is 1.56. The molecule has 1 unspecified atom stereocenters. The maximum atomic E-state index is 12.3. The second kappa shape index (κ2) is 5.79. The Kier molecular flexibility index (Phi) is 4.41. The molecule has 1 aliphatic heterocycles. The molecule has 0 aromatic carbocycles. The second-order valence-electron chi connectivity index (χ2n) is 5.89. The molecule has 1 aliphatic carbocycles. The molecule has 1 amide bonds. The van der Waals surface area contributed by atoms with Gasteiger partial charge in [0, 0.05) is 31.1 Å². The third kappa shape index (κ3) is 2.59. The van der Waals surface area contributed by atoms with E-state index in [0.29, 0.717) is 6.42 Å². The van der Waals surface area contributed by atoms with Crippen LogP contribution >= 0.6 is 12.6 Å². The minimum atomic E-state index is -1.30. The molecule has 7 heteroatoms. The van der Waals surface area contributed by atoms with Crippen LogP contribution in [0.3, 0.4) is 0 Å². The molecule has 1 spiro atoms. The van der Waals surface area contributed by atoms with Crippen LogP contribution < -0.4 is 0 Å². The summed E-state index contributed by atoms with van der Waals surface area (Å²) in [6, 6.07) is -1.11. The quantitative estimate of drug-likeness (QED) is 0.586. The molecule has 0 radical (unpaired) electrons. The summed E-state index contributed by atoms with van der Waals surface area (Å²) in [7, 11) is 0. The molecule has 1 saturated heterocycles. The van der Waals surface area contributed by atoms with Crippen molar-refractivity contribution in [2.45, 2.75) is 38.6 Å². The fraction of sp³-hybridized carbons (Fsp3) is 0.714.